The first-order chi connectivity index (χ1) is 11.5. The van der Waals surface area contributed by atoms with Crippen LogP contribution in [0.4, 0.5) is 5.69 Å². The van der Waals surface area contributed by atoms with Gasteiger partial charge < -0.3 is 4.90 Å². The molecule has 1 aliphatic heterocycles. The second-order valence-electron chi connectivity index (χ2n) is 5.88. The molecule has 2 aromatic carbocycles. The minimum atomic E-state index is -0.497. The van der Waals surface area contributed by atoms with Crippen molar-refractivity contribution in [3.8, 4) is 0 Å². The van der Waals surface area contributed by atoms with Crippen LogP contribution in [0, 0.1) is 10.1 Å². The molecule has 5 nitrogen and oxygen atoms in total. The van der Waals surface area contributed by atoms with E-state index in [1.165, 1.54) is 17.7 Å². The summed E-state index contributed by atoms with van der Waals surface area (Å²) >= 11 is 6.10. The Kier molecular flexibility index (Phi) is 4.53. The van der Waals surface area contributed by atoms with Gasteiger partial charge >= 0.3 is 0 Å². The lowest BCUT2D eigenvalue weighted by Crippen LogP contribution is -2.39. The van der Waals surface area contributed by atoms with Crippen LogP contribution in [0.5, 0.6) is 0 Å². The molecule has 24 heavy (non-hydrogen) atoms. The molecule has 2 aromatic rings. The molecule has 1 amide bonds. The average Bonchev–Trinajstić information content (AvgIpc) is 2.57. The summed E-state index contributed by atoms with van der Waals surface area (Å²) in [5, 5.41) is 11.4. The summed E-state index contributed by atoms with van der Waals surface area (Å²) in [6.45, 7) is 2.59. The Morgan fingerprint density at radius 1 is 1.29 bits per heavy atom. The van der Waals surface area contributed by atoms with Gasteiger partial charge in [0.2, 0.25) is 5.91 Å². The standard InChI is InChI=1S/C18H17ClN2O3/c1-12-14-6-3-2-5-13(14)9-10-20(12)18(22)11-15-16(19)7-4-8-17(15)21(23)24/h2-8,12H,9-11H2,1H3/t12-/m0/s1. The molecule has 124 valence electrons. The van der Waals surface area contributed by atoms with E-state index in [2.05, 4.69) is 6.07 Å². The van der Waals surface area contributed by atoms with Crippen LogP contribution in [0.2, 0.25) is 5.02 Å². The Bertz CT molecular complexity index is 807. The summed E-state index contributed by atoms with van der Waals surface area (Å²) in [6, 6.07) is 12.5. The molecule has 0 saturated carbocycles. The van der Waals surface area contributed by atoms with Gasteiger partial charge in [-0.05, 0) is 30.5 Å². The highest BCUT2D eigenvalue weighted by molar-refractivity contribution is 6.31. The lowest BCUT2D eigenvalue weighted by atomic mass is 9.93. The third kappa shape index (κ3) is 2.99. The van der Waals surface area contributed by atoms with Crippen molar-refractivity contribution in [1.29, 1.82) is 0 Å². The minimum Gasteiger partial charge on any atom is -0.335 e. The Balaban J connectivity index is 1.86. The number of amides is 1. The van der Waals surface area contributed by atoms with E-state index in [4.69, 9.17) is 11.6 Å². The van der Waals surface area contributed by atoms with Gasteiger partial charge in [-0.15, -0.1) is 0 Å². The fourth-order valence-electron chi connectivity index (χ4n) is 3.26. The number of carbonyl (C=O) groups excluding carboxylic acids is 1. The highest BCUT2D eigenvalue weighted by Gasteiger charge is 2.29. The van der Waals surface area contributed by atoms with Gasteiger partial charge in [-0.3, -0.25) is 14.9 Å². The summed E-state index contributed by atoms with van der Waals surface area (Å²) in [5.41, 5.74) is 2.55. The number of hydrogen-bond acceptors (Lipinski definition) is 3. The molecule has 0 fully saturated rings. The van der Waals surface area contributed by atoms with E-state index >= 15 is 0 Å². The Hall–Kier alpha value is -2.40. The van der Waals surface area contributed by atoms with Gasteiger partial charge in [0.25, 0.3) is 5.69 Å². The molecule has 0 spiro atoms. The number of fused-ring (bicyclic) bond motifs is 1. The number of nitro benzene ring substituents is 1. The van der Waals surface area contributed by atoms with E-state index in [0.29, 0.717) is 6.54 Å². The maximum absolute atomic E-state index is 12.8. The lowest BCUT2D eigenvalue weighted by Gasteiger charge is -2.35. The van der Waals surface area contributed by atoms with Gasteiger partial charge in [0.05, 0.1) is 28.0 Å². The van der Waals surface area contributed by atoms with Crippen LogP contribution in [0.3, 0.4) is 0 Å². The summed E-state index contributed by atoms with van der Waals surface area (Å²) in [4.78, 5) is 25.2. The topological polar surface area (TPSA) is 63.5 Å². The fourth-order valence-corrected chi connectivity index (χ4v) is 3.50. The van der Waals surface area contributed by atoms with Gasteiger partial charge in [-0.2, -0.15) is 0 Å². The molecule has 3 rings (SSSR count). The molecule has 0 aliphatic carbocycles. The van der Waals surface area contributed by atoms with Crippen molar-refractivity contribution >= 4 is 23.2 Å². The molecule has 1 aliphatic rings. The molecular formula is C18H17ClN2O3. The van der Waals surface area contributed by atoms with E-state index in [-0.39, 0.29) is 34.6 Å². The Morgan fingerprint density at radius 2 is 2.04 bits per heavy atom. The number of carbonyl (C=O) groups is 1. The largest absolute Gasteiger partial charge is 0.335 e. The van der Waals surface area contributed by atoms with Crippen LogP contribution < -0.4 is 0 Å². The predicted octanol–water partition coefficient (Wildman–Crippen LogP) is 3.94. The Morgan fingerprint density at radius 3 is 2.79 bits per heavy atom. The summed E-state index contributed by atoms with van der Waals surface area (Å²) in [6.07, 6.45) is 0.722. The van der Waals surface area contributed by atoms with Crippen LogP contribution in [0.1, 0.15) is 29.7 Å². The molecule has 0 N–H and O–H groups in total. The lowest BCUT2D eigenvalue weighted by molar-refractivity contribution is -0.385. The zero-order valence-corrected chi connectivity index (χ0v) is 14.0. The van der Waals surface area contributed by atoms with Crippen LogP contribution in [0.25, 0.3) is 0 Å². The van der Waals surface area contributed by atoms with Gasteiger partial charge in [0.15, 0.2) is 0 Å². The first-order valence-electron chi connectivity index (χ1n) is 7.78. The van der Waals surface area contributed by atoms with Crippen molar-refractivity contribution in [2.75, 3.05) is 6.54 Å². The van der Waals surface area contributed by atoms with E-state index in [1.807, 2.05) is 25.1 Å². The first-order valence-corrected chi connectivity index (χ1v) is 8.16. The third-order valence-corrected chi connectivity index (χ3v) is 4.89. The maximum atomic E-state index is 12.8. The molecule has 0 radical (unpaired) electrons. The first kappa shape index (κ1) is 16.5. The molecule has 0 bridgehead atoms. The summed E-state index contributed by atoms with van der Waals surface area (Å²) in [5.74, 6) is -0.145. The normalized spacial score (nSPS) is 16.6. The van der Waals surface area contributed by atoms with Crippen molar-refractivity contribution in [2.45, 2.75) is 25.8 Å². The van der Waals surface area contributed by atoms with Crippen molar-refractivity contribution in [3.63, 3.8) is 0 Å². The second kappa shape index (κ2) is 6.61. The Labute approximate surface area is 145 Å². The number of benzene rings is 2. The maximum Gasteiger partial charge on any atom is 0.274 e. The van der Waals surface area contributed by atoms with E-state index in [0.717, 1.165) is 12.0 Å². The van der Waals surface area contributed by atoms with E-state index in [9.17, 15) is 14.9 Å². The fraction of sp³-hybridized carbons (Fsp3) is 0.278. The average molecular weight is 345 g/mol. The van der Waals surface area contributed by atoms with Crippen molar-refractivity contribution in [3.05, 3.63) is 74.3 Å². The number of nitrogens with zero attached hydrogens (tertiary/aromatic N) is 2. The minimum absolute atomic E-state index is 0.0519. The zero-order chi connectivity index (χ0) is 17.3. The molecule has 1 atom stereocenters. The molecule has 0 unspecified atom stereocenters. The predicted molar refractivity (Wildman–Crippen MR) is 92.1 cm³/mol. The highest BCUT2D eigenvalue weighted by atomic mass is 35.5. The molecule has 6 heteroatoms. The highest BCUT2D eigenvalue weighted by Crippen LogP contribution is 2.32. The van der Waals surface area contributed by atoms with Gasteiger partial charge in [0.1, 0.15) is 0 Å². The monoisotopic (exact) mass is 344 g/mol. The van der Waals surface area contributed by atoms with Crippen LogP contribution >= 0.6 is 11.6 Å². The van der Waals surface area contributed by atoms with Crippen LogP contribution in [0.15, 0.2) is 42.5 Å². The van der Waals surface area contributed by atoms with Crippen molar-refractivity contribution < 1.29 is 9.72 Å². The quantitative estimate of drug-likeness (QED) is 0.626. The second-order valence-corrected chi connectivity index (χ2v) is 6.29. The van der Waals surface area contributed by atoms with Crippen molar-refractivity contribution in [1.82, 2.24) is 4.90 Å². The summed E-state index contributed by atoms with van der Waals surface area (Å²) in [7, 11) is 0. The smallest absolute Gasteiger partial charge is 0.274 e. The SMILES string of the molecule is C[C@H]1c2ccccc2CCN1C(=O)Cc1c(Cl)cccc1[N+](=O)[O-]. The van der Waals surface area contributed by atoms with Gasteiger partial charge in [-0.25, -0.2) is 0 Å². The van der Waals surface area contributed by atoms with Gasteiger partial charge in [0, 0.05) is 12.6 Å². The molecule has 1 heterocycles. The molecular weight excluding hydrogens is 328 g/mol. The van der Waals surface area contributed by atoms with E-state index < -0.39 is 4.92 Å². The van der Waals surface area contributed by atoms with Crippen molar-refractivity contribution in [2.24, 2.45) is 0 Å². The number of rotatable bonds is 3. The van der Waals surface area contributed by atoms with Gasteiger partial charge in [-0.1, -0.05) is 41.9 Å². The number of hydrogen-bond donors (Lipinski definition) is 0. The van der Waals surface area contributed by atoms with Crippen LogP contribution in [-0.2, 0) is 17.6 Å². The molecule has 0 aromatic heterocycles. The van der Waals surface area contributed by atoms with E-state index in [1.54, 1.807) is 11.0 Å². The summed E-state index contributed by atoms with van der Waals surface area (Å²) < 4.78 is 0. The molecule has 0 saturated heterocycles. The number of halogens is 1. The number of nitro groups is 1. The third-order valence-electron chi connectivity index (χ3n) is 4.53. The zero-order valence-electron chi connectivity index (χ0n) is 13.2. The van der Waals surface area contributed by atoms with Crippen LogP contribution in [-0.4, -0.2) is 22.3 Å².